The molecule has 0 bridgehead atoms. The highest BCUT2D eigenvalue weighted by atomic mass is 16.2. The molecule has 70 valence electrons. The third kappa shape index (κ3) is 5.14. The standard InChI is InChI=1S/C11H20O/c1-9(2)5-6-10(3)11(4)7-8-12/h5,7,10,12H,6,8H2,1-4H3. The minimum atomic E-state index is 0.158. The first-order chi connectivity index (χ1) is 5.57. The first kappa shape index (κ1) is 11.4. The van der Waals surface area contributed by atoms with E-state index in [1.54, 1.807) is 0 Å². The van der Waals surface area contributed by atoms with Crippen molar-refractivity contribution < 1.29 is 5.11 Å². The van der Waals surface area contributed by atoms with Crippen LogP contribution >= 0.6 is 0 Å². The number of hydrogen-bond donors (Lipinski definition) is 1. The molecule has 1 N–H and O–H groups in total. The van der Waals surface area contributed by atoms with Crippen LogP contribution in [0.1, 0.15) is 34.1 Å². The largest absolute Gasteiger partial charge is 0.392 e. The second-order valence-electron chi connectivity index (χ2n) is 3.55. The number of rotatable bonds is 4. The van der Waals surface area contributed by atoms with Gasteiger partial charge in [0.2, 0.25) is 0 Å². The van der Waals surface area contributed by atoms with Gasteiger partial charge in [0.05, 0.1) is 6.61 Å². The smallest absolute Gasteiger partial charge is 0.0615 e. The van der Waals surface area contributed by atoms with Crippen molar-refractivity contribution in [3.8, 4) is 0 Å². The molecule has 0 fully saturated rings. The molecular formula is C11H20O. The summed E-state index contributed by atoms with van der Waals surface area (Å²) < 4.78 is 0. The van der Waals surface area contributed by atoms with Crippen LogP contribution in [0.3, 0.4) is 0 Å². The molecule has 0 spiro atoms. The summed E-state index contributed by atoms with van der Waals surface area (Å²) in [5, 5.41) is 8.67. The Kier molecular flexibility index (Phi) is 5.73. The second kappa shape index (κ2) is 6.01. The number of aliphatic hydroxyl groups is 1. The zero-order valence-electron chi connectivity index (χ0n) is 8.59. The average molecular weight is 168 g/mol. The van der Waals surface area contributed by atoms with E-state index >= 15 is 0 Å². The summed E-state index contributed by atoms with van der Waals surface area (Å²) in [6.07, 6.45) is 5.19. The van der Waals surface area contributed by atoms with E-state index in [-0.39, 0.29) is 6.61 Å². The Balaban J connectivity index is 3.95. The van der Waals surface area contributed by atoms with Crippen molar-refractivity contribution in [1.82, 2.24) is 0 Å². The molecular weight excluding hydrogens is 148 g/mol. The quantitative estimate of drug-likeness (QED) is 0.640. The summed E-state index contributed by atoms with van der Waals surface area (Å²) in [6, 6.07) is 0. The number of aliphatic hydroxyl groups excluding tert-OH is 1. The molecule has 0 heterocycles. The van der Waals surface area contributed by atoms with Gasteiger partial charge in [0.15, 0.2) is 0 Å². The molecule has 0 aromatic rings. The van der Waals surface area contributed by atoms with Gasteiger partial charge in [-0.2, -0.15) is 0 Å². The molecule has 0 aliphatic heterocycles. The van der Waals surface area contributed by atoms with Crippen molar-refractivity contribution in [2.24, 2.45) is 5.92 Å². The highest BCUT2D eigenvalue weighted by molar-refractivity contribution is 5.05. The molecule has 0 aliphatic carbocycles. The second-order valence-corrected chi connectivity index (χ2v) is 3.55. The van der Waals surface area contributed by atoms with E-state index in [0.29, 0.717) is 5.92 Å². The van der Waals surface area contributed by atoms with Crippen molar-refractivity contribution in [3.63, 3.8) is 0 Å². The van der Waals surface area contributed by atoms with Gasteiger partial charge in [0, 0.05) is 0 Å². The Morgan fingerprint density at radius 3 is 2.25 bits per heavy atom. The number of hydrogen-bond acceptors (Lipinski definition) is 1. The first-order valence-electron chi connectivity index (χ1n) is 4.48. The molecule has 0 saturated heterocycles. The van der Waals surface area contributed by atoms with Crippen LogP contribution < -0.4 is 0 Å². The third-order valence-corrected chi connectivity index (χ3v) is 2.07. The fraction of sp³-hybridized carbons (Fsp3) is 0.636. The van der Waals surface area contributed by atoms with Crippen LogP contribution in [-0.2, 0) is 0 Å². The monoisotopic (exact) mass is 168 g/mol. The SMILES string of the molecule is CC(C)=CCC(C)C(C)=CCO. The van der Waals surface area contributed by atoms with E-state index in [1.807, 2.05) is 6.08 Å². The van der Waals surface area contributed by atoms with Gasteiger partial charge in [-0.05, 0) is 33.1 Å². The lowest BCUT2D eigenvalue weighted by Gasteiger charge is -2.09. The first-order valence-corrected chi connectivity index (χ1v) is 4.48. The average Bonchev–Trinajstić information content (AvgIpc) is 2.00. The summed E-state index contributed by atoms with van der Waals surface area (Å²) in [7, 11) is 0. The molecule has 0 aromatic carbocycles. The van der Waals surface area contributed by atoms with Crippen molar-refractivity contribution >= 4 is 0 Å². The van der Waals surface area contributed by atoms with Gasteiger partial charge in [-0.1, -0.05) is 30.2 Å². The molecule has 0 aromatic heterocycles. The lowest BCUT2D eigenvalue weighted by Crippen LogP contribution is -1.95. The van der Waals surface area contributed by atoms with E-state index in [0.717, 1.165) is 6.42 Å². The van der Waals surface area contributed by atoms with Gasteiger partial charge in [0.25, 0.3) is 0 Å². The van der Waals surface area contributed by atoms with Crippen LogP contribution in [0.15, 0.2) is 23.3 Å². The van der Waals surface area contributed by atoms with Crippen molar-refractivity contribution in [1.29, 1.82) is 0 Å². The molecule has 1 unspecified atom stereocenters. The van der Waals surface area contributed by atoms with Crippen molar-refractivity contribution in [3.05, 3.63) is 23.3 Å². The van der Waals surface area contributed by atoms with Crippen LogP contribution in [-0.4, -0.2) is 11.7 Å². The molecule has 0 amide bonds. The van der Waals surface area contributed by atoms with Crippen LogP contribution in [0, 0.1) is 5.92 Å². The summed E-state index contributed by atoms with van der Waals surface area (Å²) >= 11 is 0. The summed E-state index contributed by atoms with van der Waals surface area (Å²) in [5.74, 6) is 0.548. The Bertz CT molecular complexity index is 173. The van der Waals surface area contributed by atoms with Crippen molar-refractivity contribution in [2.75, 3.05) is 6.61 Å². The van der Waals surface area contributed by atoms with Gasteiger partial charge >= 0.3 is 0 Å². The van der Waals surface area contributed by atoms with Gasteiger partial charge in [-0.25, -0.2) is 0 Å². The normalized spacial score (nSPS) is 14.2. The Hall–Kier alpha value is -0.560. The van der Waals surface area contributed by atoms with E-state index in [1.165, 1.54) is 11.1 Å². The van der Waals surface area contributed by atoms with Gasteiger partial charge in [-0.15, -0.1) is 0 Å². The molecule has 0 aliphatic rings. The van der Waals surface area contributed by atoms with Gasteiger partial charge in [0.1, 0.15) is 0 Å². The molecule has 0 rings (SSSR count). The van der Waals surface area contributed by atoms with E-state index < -0.39 is 0 Å². The minimum absolute atomic E-state index is 0.158. The zero-order chi connectivity index (χ0) is 9.56. The third-order valence-electron chi connectivity index (χ3n) is 2.07. The maximum absolute atomic E-state index is 8.67. The summed E-state index contributed by atoms with van der Waals surface area (Å²) in [5.41, 5.74) is 2.63. The maximum Gasteiger partial charge on any atom is 0.0615 e. The van der Waals surface area contributed by atoms with Crippen LogP contribution in [0.25, 0.3) is 0 Å². The Morgan fingerprint density at radius 2 is 1.83 bits per heavy atom. The molecule has 1 heteroatoms. The minimum Gasteiger partial charge on any atom is -0.392 e. The highest BCUT2D eigenvalue weighted by Crippen LogP contribution is 2.14. The van der Waals surface area contributed by atoms with E-state index in [9.17, 15) is 0 Å². The Morgan fingerprint density at radius 1 is 1.25 bits per heavy atom. The van der Waals surface area contributed by atoms with Gasteiger partial charge in [-0.3, -0.25) is 0 Å². The fourth-order valence-corrected chi connectivity index (χ4v) is 0.944. The lowest BCUT2D eigenvalue weighted by atomic mass is 9.98. The molecule has 1 nitrogen and oxygen atoms in total. The van der Waals surface area contributed by atoms with Crippen molar-refractivity contribution in [2.45, 2.75) is 34.1 Å². The predicted octanol–water partition coefficient (Wildman–Crippen LogP) is 2.92. The fourth-order valence-electron chi connectivity index (χ4n) is 0.944. The zero-order valence-corrected chi connectivity index (χ0v) is 8.59. The summed E-state index contributed by atoms with van der Waals surface area (Å²) in [6.45, 7) is 8.63. The van der Waals surface area contributed by atoms with E-state index in [4.69, 9.17) is 5.11 Å². The Labute approximate surface area is 75.8 Å². The highest BCUT2D eigenvalue weighted by Gasteiger charge is 2.00. The topological polar surface area (TPSA) is 20.2 Å². The van der Waals surface area contributed by atoms with Crippen LogP contribution in [0.2, 0.25) is 0 Å². The predicted molar refractivity (Wildman–Crippen MR) is 54.1 cm³/mol. The summed E-state index contributed by atoms with van der Waals surface area (Å²) in [4.78, 5) is 0. The van der Waals surface area contributed by atoms with Crippen LogP contribution in [0.5, 0.6) is 0 Å². The molecule has 12 heavy (non-hydrogen) atoms. The lowest BCUT2D eigenvalue weighted by molar-refractivity contribution is 0.340. The molecule has 1 atom stereocenters. The van der Waals surface area contributed by atoms with E-state index in [2.05, 4.69) is 33.8 Å². The molecule has 0 radical (unpaired) electrons. The van der Waals surface area contributed by atoms with Crippen LogP contribution in [0.4, 0.5) is 0 Å². The molecule has 0 saturated carbocycles. The van der Waals surface area contributed by atoms with Gasteiger partial charge < -0.3 is 5.11 Å². The maximum atomic E-state index is 8.67. The number of allylic oxidation sites excluding steroid dienone is 3.